The molecule has 3 aromatic rings. The van der Waals surface area contributed by atoms with Crippen LogP contribution in [0.1, 0.15) is 44.7 Å². The molecule has 0 saturated carbocycles. The quantitative estimate of drug-likeness (QED) is 0.376. The standard InChI is InChI=1S/C30H29Cl2N3O3/c31-27-4-3-18(17-28(27)32)21-15-24-23-14-20(2-1-19(23)13-25(24)26(16-21)29(33)36)30(37)35-7-5-22(6-8-35)34-9-11-38-12-10-34/h1-4,14-17,22H,5-13H2,(H2,33,36). The SMILES string of the molecule is NC(=O)c1cc(-c2ccc(Cl)c(Cl)c2)cc2c1Cc1ccc(C(=O)N3CCC(N4CCOCC4)CC3)cc1-2. The van der Waals surface area contributed by atoms with E-state index in [1.807, 2.05) is 35.2 Å². The van der Waals surface area contributed by atoms with Crippen LogP contribution in [0.3, 0.4) is 0 Å². The van der Waals surface area contributed by atoms with E-state index in [2.05, 4.69) is 11.0 Å². The van der Waals surface area contributed by atoms with Crippen LogP contribution in [0.4, 0.5) is 0 Å². The summed E-state index contributed by atoms with van der Waals surface area (Å²) in [4.78, 5) is 30.4. The number of morpholine rings is 1. The first-order valence-corrected chi connectivity index (χ1v) is 13.8. The Labute approximate surface area is 232 Å². The summed E-state index contributed by atoms with van der Waals surface area (Å²) in [6, 6.07) is 15.7. The summed E-state index contributed by atoms with van der Waals surface area (Å²) in [7, 11) is 0. The van der Waals surface area contributed by atoms with Gasteiger partial charge in [-0.3, -0.25) is 14.5 Å². The van der Waals surface area contributed by atoms with E-state index in [0.717, 1.165) is 85.6 Å². The summed E-state index contributed by atoms with van der Waals surface area (Å²) in [5.74, 6) is -0.423. The van der Waals surface area contributed by atoms with Gasteiger partial charge in [0.15, 0.2) is 0 Å². The first-order valence-electron chi connectivity index (χ1n) is 13.1. The van der Waals surface area contributed by atoms with Crippen molar-refractivity contribution < 1.29 is 14.3 Å². The molecule has 2 fully saturated rings. The highest BCUT2D eigenvalue weighted by molar-refractivity contribution is 6.42. The van der Waals surface area contributed by atoms with E-state index in [4.69, 9.17) is 33.7 Å². The van der Waals surface area contributed by atoms with Gasteiger partial charge in [0, 0.05) is 43.3 Å². The highest BCUT2D eigenvalue weighted by Gasteiger charge is 2.30. The Morgan fingerprint density at radius 2 is 1.61 bits per heavy atom. The van der Waals surface area contributed by atoms with Gasteiger partial charge < -0.3 is 15.4 Å². The first kappa shape index (κ1) is 25.4. The minimum atomic E-state index is -0.476. The number of hydrogen-bond acceptors (Lipinski definition) is 4. The Hall–Kier alpha value is -2.90. The van der Waals surface area contributed by atoms with Crippen molar-refractivity contribution in [3.05, 3.63) is 80.8 Å². The minimum Gasteiger partial charge on any atom is -0.379 e. The van der Waals surface area contributed by atoms with Crippen molar-refractivity contribution in [2.45, 2.75) is 25.3 Å². The van der Waals surface area contributed by atoms with Crippen molar-refractivity contribution in [3.8, 4) is 22.3 Å². The molecule has 6 nitrogen and oxygen atoms in total. The number of rotatable bonds is 4. The molecule has 1 aliphatic carbocycles. The van der Waals surface area contributed by atoms with Crippen LogP contribution in [0.2, 0.25) is 10.0 Å². The molecular weight excluding hydrogens is 521 g/mol. The van der Waals surface area contributed by atoms with Crippen LogP contribution >= 0.6 is 23.2 Å². The lowest BCUT2D eigenvalue weighted by molar-refractivity contribution is 0.00159. The number of nitrogens with two attached hydrogens (primary N) is 1. The van der Waals surface area contributed by atoms with Gasteiger partial charge in [0.1, 0.15) is 0 Å². The molecule has 0 spiro atoms. The van der Waals surface area contributed by atoms with Gasteiger partial charge in [-0.1, -0.05) is 35.3 Å². The normalized spacial score (nSPS) is 17.8. The molecule has 3 aliphatic rings. The predicted molar refractivity (Wildman–Crippen MR) is 150 cm³/mol. The Morgan fingerprint density at radius 1 is 0.842 bits per heavy atom. The van der Waals surface area contributed by atoms with Gasteiger partial charge in [-0.05, 0) is 89.0 Å². The lowest BCUT2D eigenvalue weighted by Gasteiger charge is -2.40. The summed E-state index contributed by atoms with van der Waals surface area (Å²) in [5, 5.41) is 0.908. The zero-order valence-electron chi connectivity index (χ0n) is 21.0. The van der Waals surface area contributed by atoms with Crippen LogP contribution in [0.25, 0.3) is 22.3 Å². The van der Waals surface area contributed by atoms with Crippen LogP contribution < -0.4 is 5.73 Å². The smallest absolute Gasteiger partial charge is 0.253 e. The summed E-state index contributed by atoms with van der Waals surface area (Å²) in [6.45, 7) is 5.03. The molecule has 6 rings (SSSR count). The van der Waals surface area contributed by atoms with E-state index in [1.165, 1.54) is 0 Å². The van der Waals surface area contributed by atoms with E-state index in [-0.39, 0.29) is 5.91 Å². The van der Waals surface area contributed by atoms with E-state index in [1.54, 1.807) is 12.1 Å². The highest BCUT2D eigenvalue weighted by atomic mass is 35.5. The third-order valence-electron chi connectivity index (χ3n) is 8.10. The van der Waals surface area contributed by atoms with Crippen LogP contribution in [-0.2, 0) is 11.2 Å². The molecule has 0 atom stereocenters. The zero-order chi connectivity index (χ0) is 26.4. The van der Waals surface area contributed by atoms with Gasteiger partial charge in [0.05, 0.1) is 23.3 Å². The monoisotopic (exact) mass is 549 g/mol. The Kier molecular flexibility index (Phi) is 6.91. The second-order valence-electron chi connectivity index (χ2n) is 10.3. The maximum atomic E-state index is 13.5. The number of ether oxygens (including phenoxy) is 1. The highest BCUT2D eigenvalue weighted by Crippen LogP contribution is 2.42. The van der Waals surface area contributed by atoms with E-state index >= 15 is 0 Å². The molecule has 2 heterocycles. The number of fused-ring (bicyclic) bond motifs is 3. The number of likely N-dealkylation sites (tertiary alicyclic amines) is 1. The number of benzene rings is 3. The molecule has 196 valence electrons. The van der Waals surface area contributed by atoms with Gasteiger partial charge in [0.2, 0.25) is 5.91 Å². The molecular formula is C30H29Cl2N3O3. The third-order valence-corrected chi connectivity index (χ3v) is 8.84. The zero-order valence-corrected chi connectivity index (χ0v) is 22.5. The molecule has 2 N–H and O–H groups in total. The summed E-state index contributed by atoms with van der Waals surface area (Å²) < 4.78 is 5.49. The molecule has 8 heteroatoms. The van der Waals surface area contributed by atoms with E-state index in [0.29, 0.717) is 33.6 Å². The van der Waals surface area contributed by atoms with Gasteiger partial charge in [-0.25, -0.2) is 0 Å². The number of amides is 2. The maximum absolute atomic E-state index is 13.5. The Balaban J connectivity index is 1.28. The number of primary amides is 1. The van der Waals surface area contributed by atoms with Crippen molar-refractivity contribution in [3.63, 3.8) is 0 Å². The number of hydrogen-bond donors (Lipinski definition) is 1. The number of halogens is 2. The van der Waals surface area contributed by atoms with Gasteiger partial charge in [-0.15, -0.1) is 0 Å². The van der Waals surface area contributed by atoms with Crippen molar-refractivity contribution in [2.24, 2.45) is 5.73 Å². The predicted octanol–water partition coefficient (Wildman–Crippen LogP) is 5.27. The van der Waals surface area contributed by atoms with Crippen molar-refractivity contribution in [2.75, 3.05) is 39.4 Å². The van der Waals surface area contributed by atoms with Crippen molar-refractivity contribution >= 4 is 35.0 Å². The average molecular weight is 550 g/mol. The number of carbonyl (C=O) groups excluding carboxylic acids is 2. The molecule has 38 heavy (non-hydrogen) atoms. The van der Waals surface area contributed by atoms with E-state index in [9.17, 15) is 9.59 Å². The lowest BCUT2D eigenvalue weighted by atomic mass is 9.93. The molecule has 0 aromatic heterocycles. The molecule has 0 unspecified atom stereocenters. The summed E-state index contributed by atoms with van der Waals surface area (Å²) >= 11 is 12.4. The molecule has 3 aromatic carbocycles. The topological polar surface area (TPSA) is 75.9 Å². The number of nitrogens with zero attached hydrogens (tertiary/aromatic N) is 2. The van der Waals surface area contributed by atoms with Crippen LogP contribution in [0, 0.1) is 0 Å². The van der Waals surface area contributed by atoms with Crippen LogP contribution in [0.15, 0.2) is 48.5 Å². The maximum Gasteiger partial charge on any atom is 0.253 e. The largest absolute Gasteiger partial charge is 0.379 e. The molecule has 0 bridgehead atoms. The molecule has 2 saturated heterocycles. The fourth-order valence-corrected chi connectivity index (χ4v) is 6.33. The fraction of sp³-hybridized carbons (Fsp3) is 0.333. The second-order valence-corrected chi connectivity index (χ2v) is 11.1. The van der Waals surface area contributed by atoms with Crippen molar-refractivity contribution in [1.82, 2.24) is 9.80 Å². The summed E-state index contributed by atoms with van der Waals surface area (Å²) in [5.41, 5.74) is 12.5. The minimum absolute atomic E-state index is 0.0532. The summed E-state index contributed by atoms with van der Waals surface area (Å²) in [6.07, 6.45) is 2.56. The first-order chi connectivity index (χ1) is 18.4. The lowest BCUT2D eigenvalue weighted by Crippen LogP contribution is -2.50. The van der Waals surface area contributed by atoms with Crippen LogP contribution in [0.5, 0.6) is 0 Å². The Bertz CT molecular complexity index is 1430. The fourth-order valence-electron chi connectivity index (χ4n) is 6.03. The van der Waals surface area contributed by atoms with Crippen molar-refractivity contribution in [1.29, 1.82) is 0 Å². The Morgan fingerprint density at radius 3 is 2.32 bits per heavy atom. The number of carbonyl (C=O) groups is 2. The molecule has 2 aliphatic heterocycles. The molecule has 0 radical (unpaired) electrons. The second kappa shape index (κ2) is 10.3. The van der Waals surface area contributed by atoms with Gasteiger partial charge in [-0.2, -0.15) is 0 Å². The number of piperidine rings is 1. The third kappa shape index (κ3) is 4.71. The van der Waals surface area contributed by atoms with Crippen LogP contribution in [-0.4, -0.2) is 67.0 Å². The molecule has 2 amide bonds. The van der Waals surface area contributed by atoms with Gasteiger partial charge in [0.25, 0.3) is 5.91 Å². The van der Waals surface area contributed by atoms with E-state index < -0.39 is 5.91 Å². The van der Waals surface area contributed by atoms with Gasteiger partial charge >= 0.3 is 0 Å². The average Bonchev–Trinajstić information content (AvgIpc) is 3.32.